The number of hydrogen-bond donors (Lipinski definition) is 2. The SMILES string of the molecule is Cc1ccc(CNC(=O)CN2c3c(n(C)c(=O)n(C)c3=O)NC2C)cc1. The molecule has 1 aromatic heterocycles. The standard InChI is InChI=1S/C18H23N5O3/c1-11-5-7-13(8-6-11)9-19-14(24)10-23-12(2)20-16-15(23)17(25)22(4)18(26)21(16)3/h5-8,12,20H,9-10H2,1-4H3,(H,19,24). The van der Waals surface area contributed by atoms with Crippen LogP contribution < -0.4 is 26.8 Å². The van der Waals surface area contributed by atoms with Crippen molar-refractivity contribution in [2.24, 2.45) is 14.1 Å². The second-order valence-electron chi connectivity index (χ2n) is 6.61. The van der Waals surface area contributed by atoms with Gasteiger partial charge in [-0.05, 0) is 19.4 Å². The van der Waals surface area contributed by atoms with Crippen LogP contribution in [0.1, 0.15) is 18.1 Å². The molecule has 8 nitrogen and oxygen atoms in total. The van der Waals surface area contributed by atoms with Gasteiger partial charge in [-0.25, -0.2) is 4.79 Å². The molecule has 1 unspecified atom stereocenters. The molecule has 1 aromatic carbocycles. The third-order valence-electron chi connectivity index (χ3n) is 4.67. The molecule has 2 aromatic rings. The van der Waals surface area contributed by atoms with Gasteiger partial charge in [-0.15, -0.1) is 0 Å². The maximum absolute atomic E-state index is 12.5. The van der Waals surface area contributed by atoms with Crippen molar-refractivity contribution >= 4 is 17.4 Å². The summed E-state index contributed by atoms with van der Waals surface area (Å²) in [5.41, 5.74) is 1.70. The lowest BCUT2D eigenvalue weighted by Gasteiger charge is -2.22. The van der Waals surface area contributed by atoms with Crippen LogP contribution in [0.5, 0.6) is 0 Å². The van der Waals surface area contributed by atoms with Gasteiger partial charge >= 0.3 is 5.69 Å². The summed E-state index contributed by atoms with van der Waals surface area (Å²) in [6, 6.07) is 7.93. The Hall–Kier alpha value is -3.03. The summed E-state index contributed by atoms with van der Waals surface area (Å²) in [7, 11) is 3.03. The van der Waals surface area contributed by atoms with E-state index in [-0.39, 0.29) is 18.6 Å². The first kappa shape index (κ1) is 17.8. The Bertz CT molecular complexity index is 959. The molecule has 0 fully saturated rings. The van der Waals surface area contributed by atoms with E-state index in [9.17, 15) is 14.4 Å². The highest BCUT2D eigenvalue weighted by atomic mass is 16.2. The molecule has 1 atom stereocenters. The minimum Gasteiger partial charge on any atom is -0.350 e. The average Bonchev–Trinajstić information content (AvgIpc) is 2.94. The highest BCUT2D eigenvalue weighted by Gasteiger charge is 2.32. The summed E-state index contributed by atoms with van der Waals surface area (Å²) in [6.07, 6.45) is -0.268. The maximum atomic E-state index is 12.5. The number of benzene rings is 1. The van der Waals surface area contributed by atoms with Crippen molar-refractivity contribution in [3.63, 3.8) is 0 Å². The first-order chi connectivity index (χ1) is 12.3. The molecule has 0 aliphatic carbocycles. The molecule has 1 aliphatic rings. The maximum Gasteiger partial charge on any atom is 0.332 e. The molecule has 3 rings (SSSR count). The quantitative estimate of drug-likeness (QED) is 0.821. The van der Waals surface area contributed by atoms with Gasteiger partial charge in [0.2, 0.25) is 5.91 Å². The number of carbonyl (C=O) groups is 1. The number of hydrogen-bond acceptors (Lipinski definition) is 5. The van der Waals surface area contributed by atoms with Crippen molar-refractivity contribution in [1.82, 2.24) is 14.5 Å². The zero-order chi connectivity index (χ0) is 19.0. The van der Waals surface area contributed by atoms with Gasteiger partial charge in [0.1, 0.15) is 11.5 Å². The Labute approximate surface area is 151 Å². The van der Waals surface area contributed by atoms with Crippen LogP contribution in [0.15, 0.2) is 33.9 Å². The van der Waals surface area contributed by atoms with Crippen LogP contribution >= 0.6 is 0 Å². The number of aryl methyl sites for hydroxylation is 1. The fourth-order valence-electron chi connectivity index (χ4n) is 3.05. The highest BCUT2D eigenvalue weighted by Crippen LogP contribution is 2.28. The number of rotatable bonds is 4. The predicted octanol–water partition coefficient (Wildman–Crippen LogP) is 0.287. The number of aromatic nitrogens is 2. The van der Waals surface area contributed by atoms with Gasteiger partial charge in [-0.1, -0.05) is 29.8 Å². The van der Waals surface area contributed by atoms with E-state index >= 15 is 0 Å². The smallest absolute Gasteiger partial charge is 0.332 e. The summed E-state index contributed by atoms with van der Waals surface area (Å²) in [5, 5.41) is 5.98. The second kappa shape index (κ2) is 6.70. The monoisotopic (exact) mass is 357 g/mol. The Kier molecular flexibility index (Phi) is 4.58. The molecule has 2 heterocycles. The third-order valence-corrected chi connectivity index (χ3v) is 4.67. The van der Waals surface area contributed by atoms with E-state index in [1.165, 1.54) is 11.6 Å². The van der Waals surface area contributed by atoms with Gasteiger partial charge in [-0.3, -0.25) is 18.7 Å². The summed E-state index contributed by atoms with van der Waals surface area (Å²) >= 11 is 0. The topological polar surface area (TPSA) is 88.4 Å². The third kappa shape index (κ3) is 3.10. The van der Waals surface area contributed by atoms with Crippen molar-refractivity contribution in [3.8, 4) is 0 Å². The predicted molar refractivity (Wildman–Crippen MR) is 100 cm³/mol. The molecule has 0 bridgehead atoms. The Morgan fingerprint density at radius 2 is 1.81 bits per heavy atom. The van der Waals surface area contributed by atoms with Gasteiger partial charge < -0.3 is 15.5 Å². The zero-order valence-electron chi connectivity index (χ0n) is 15.4. The fourth-order valence-corrected chi connectivity index (χ4v) is 3.05. The molecule has 0 saturated heterocycles. The first-order valence-corrected chi connectivity index (χ1v) is 8.45. The van der Waals surface area contributed by atoms with Crippen molar-refractivity contribution in [1.29, 1.82) is 0 Å². The molecule has 0 spiro atoms. The van der Waals surface area contributed by atoms with Crippen LogP contribution in [-0.4, -0.2) is 27.8 Å². The Balaban J connectivity index is 1.77. The molecular formula is C18H23N5O3. The number of fused-ring (bicyclic) bond motifs is 1. The summed E-state index contributed by atoms with van der Waals surface area (Å²) in [6.45, 7) is 4.31. The van der Waals surface area contributed by atoms with E-state index in [1.807, 2.05) is 38.1 Å². The fraction of sp³-hybridized carbons (Fsp3) is 0.389. The van der Waals surface area contributed by atoms with E-state index in [0.717, 1.165) is 15.7 Å². The highest BCUT2D eigenvalue weighted by molar-refractivity contribution is 5.84. The number of anilines is 2. The largest absolute Gasteiger partial charge is 0.350 e. The lowest BCUT2D eigenvalue weighted by molar-refractivity contribution is -0.120. The number of nitrogens with zero attached hydrogens (tertiary/aromatic N) is 3. The Morgan fingerprint density at radius 3 is 2.46 bits per heavy atom. The zero-order valence-corrected chi connectivity index (χ0v) is 15.4. The minimum atomic E-state index is -0.411. The van der Waals surface area contributed by atoms with Gasteiger partial charge in [0.25, 0.3) is 5.56 Å². The van der Waals surface area contributed by atoms with E-state index < -0.39 is 11.2 Å². The average molecular weight is 357 g/mol. The molecule has 1 amide bonds. The molecule has 138 valence electrons. The van der Waals surface area contributed by atoms with Crippen LogP contribution in [0.2, 0.25) is 0 Å². The normalized spacial score (nSPS) is 15.5. The molecular weight excluding hydrogens is 334 g/mol. The number of amides is 1. The molecule has 2 N–H and O–H groups in total. The Morgan fingerprint density at radius 1 is 1.15 bits per heavy atom. The van der Waals surface area contributed by atoms with Crippen LogP contribution in [0.4, 0.5) is 11.5 Å². The summed E-state index contributed by atoms with van der Waals surface area (Å²) < 4.78 is 2.44. The molecule has 0 radical (unpaired) electrons. The molecule has 26 heavy (non-hydrogen) atoms. The van der Waals surface area contributed by atoms with Crippen LogP contribution in [0, 0.1) is 6.92 Å². The van der Waals surface area contributed by atoms with E-state index in [4.69, 9.17) is 0 Å². The van der Waals surface area contributed by atoms with Gasteiger partial charge in [0.05, 0.1) is 12.7 Å². The number of carbonyl (C=O) groups excluding carboxylic acids is 1. The summed E-state index contributed by atoms with van der Waals surface area (Å²) in [5.74, 6) is 0.250. The number of nitrogens with one attached hydrogen (secondary N) is 2. The lowest BCUT2D eigenvalue weighted by atomic mass is 10.1. The minimum absolute atomic E-state index is 0.0282. The van der Waals surface area contributed by atoms with Gasteiger partial charge in [0.15, 0.2) is 0 Å². The lowest BCUT2D eigenvalue weighted by Crippen LogP contribution is -2.44. The van der Waals surface area contributed by atoms with Crippen LogP contribution in [0.3, 0.4) is 0 Å². The molecule has 0 saturated carbocycles. The van der Waals surface area contributed by atoms with E-state index in [0.29, 0.717) is 18.1 Å². The van der Waals surface area contributed by atoms with Gasteiger partial charge in [0, 0.05) is 20.6 Å². The van der Waals surface area contributed by atoms with Gasteiger partial charge in [-0.2, -0.15) is 0 Å². The second-order valence-corrected chi connectivity index (χ2v) is 6.61. The van der Waals surface area contributed by atoms with Crippen molar-refractivity contribution < 1.29 is 4.79 Å². The summed E-state index contributed by atoms with van der Waals surface area (Å²) in [4.78, 5) is 38.6. The molecule has 8 heteroatoms. The van der Waals surface area contributed by atoms with Crippen LogP contribution in [0.25, 0.3) is 0 Å². The van der Waals surface area contributed by atoms with Crippen molar-refractivity contribution in [2.45, 2.75) is 26.6 Å². The van der Waals surface area contributed by atoms with E-state index in [1.54, 1.807) is 11.9 Å². The first-order valence-electron chi connectivity index (χ1n) is 8.45. The van der Waals surface area contributed by atoms with Crippen LogP contribution in [-0.2, 0) is 25.4 Å². The van der Waals surface area contributed by atoms with Crippen molar-refractivity contribution in [2.75, 3.05) is 16.8 Å². The van der Waals surface area contributed by atoms with E-state index in [2.05, 4.69) is 10.6 Å². The van der Waals surface area contributed by atoms with Crippen molar-refractivity contribution in [3.05, 3.63) is 56.2 Å². The molecule has 1 aliphatic heterocycles.